The molecule has 1 unspecified atom stereocenters. The van der Waals surface area contributed by atoms with Gasteiger partial charge in [-0.05, 0) is 25.2 Å². The van der Waals surface area contributed by atoms with E-state index in [1.807, 2.05) is 0 Å². The molecule has 2 fully saturated rings. The molecule has 2 aliphatic rings. The van der Waals surface area contributed by atoms with E-state index in [0.29, 0.717) is 18.4 Å². The van der Waals surface area contributed by atoms with Crippen LogP contribution in [0.25, 0.3) is 0 Å². The van der Waals surface area contributed by atoms with Crippen molar-refractivity contribution in [3.8, 4) is 0 Å². The van der Waals surface area contributed by atoms with Crippen molar-refractivity contribution in [3.63, 3.8) is 0 Å². The molecule has 0 saturated carbocycles. The Morgan fingerprint density at radius 3 is 2.67 bits per heavy atom. The van der Waals surface area contributed by atoms with Crippen LogP contribution in [0.1, 0.15) is 37.4 Å². The summed E-state index contributed by atoms with van der Waals surface area (Å²) < 4.78 is 0. The van der Waals surface area contributed by atoms with Gasteiger partial charge < -0.3 is 4.90 Å². The maximum absolute atomic E-state index is 12.5. The average Bonchev–Trinajstić information content (AvgIpc) is 3.04. The molecule has 5 nitrogen and oxygen atoms in total. The lowest BCUT2D eigenvalue weighted by atomic mass is 10.0. The van der Waals surface area contributed by atoms with Gasteiger partial charge in [-0.15, -0.1) is 11.3 Å². The Morgan fingerprint density at radius 1 is 1.25 bits per heavy atom. The van der Waals surface area contributed by atoms with E-state index in [2.05, 4.69) is 38.9 Å². The maximum Gasteiger partial charge on any atom is 0.236 e. The Bertz CT molecular complexity index is 539. The van der Waals surface area contributed by atoms with Crippen molar-refractivity contribution in [2.45, 2.75) is 39.7 Å². The first-order chi connectivity index (χ1) is 11.6. The van der Waals surface area contributed by atoms with Gasteiger partial charge in [-0.25, -0.2) is 4.98 Å². The minimum absolute atomic E-state index is 0.321. The summed E-state index contributed by atoms with van der Waals surface area (Å²) in [5.41, 5.74) is 1.20. The van der Waals surface area contributed by atoms with Gasteiger partial charge in [-0.3, -0.25) is 14.6 Å². The van der Waals surface area contributed by atoms with E-state index in [4.69, 9.17) is 0 Å². The smallest absolute Gasteiger partial charge is 0.236 e. The number of hydrogen-bond donors (Lipinski definition) is 0. The van der Waals surface area contributed by atoms with Crippen LogP contribution in [0.15, 0.2) is 5.38 Å². The van der Waals surface area contributed by atoms with E-state index in [9.17, 15) is 4.79 Å². The number of rotatable bonds is 5. The number of nitrogens with zero attached hydrogens (tertiary/aromatic N) is 4. The molecule has 1 aromatic rings. The molecule has 24 heavy (non-hydrogen) atoms. The highest BCUT2D eigenvalue weighted by Gasteiger charge is 2.24. The van der Waals surface area contributed by atoms with Crippen molar-refractivity contribution in [3.05, 3.63) is 16.1 Å². The van der Waals surface area contributed by atoms with Crippen LogP contribution >= 0.6 is 11.3 Å². The van der Waals surface area contributed by atoms with Crippen molar-refractivity contribution in [1.29, 1.82) is 0 Å². The lowest BCUT2D eigenvalue weighted by molar-refractivity contribution is -0.134. The molecule has 1 aromatic heterocycles. The summed E-state index contributed by atoms with van der Waals surface area (Å²) in [6.07, 6.45) is 3.45. The predicted molar refractivity (Wildman–Crippen MR) is 98.2 cm³/mol. The van der Waals surface area contributed by atoms with Crippen molar-refractivity contribution >= 4 is 17.2 Å². The van der Waals surface area contributed by atoms with Crippen LogP contribution in [0.2, 0.25) is 0 Å². The molecule has 2 aliphatic heterocycles. The summed E-state index contributed by atoms with van der Waals surface area (Å²) >= 11 is 1.76. The molecular weight excluding hydrogens is 320 g/mol. The number of carbonyl (C=O) groups is 1. The van der Waals surface area contributed by atoms with E-state index >= 15 is 0 Å². The number of piperazine rings is 1. The second-order valence-corrected chi connectivity index (χ2v) is 8.17. The summed E-state index contributed by atoms with van der Waals surface area (Å²) in [6, 6.07) is 0. The Kier molecular flexibility index (Phi) is 6.25. The minimum Gasteiger partial charge on any atom is -0.341 e. The maximum atomic E-state index is 12.5. The van der Waals surface area contributed by atoms with Gasteiger partial charge in [-0.2, -0.15) is 0 Å². The van der Waals surface area contributed by atoms with Gasteiger partial charge in [0.2, 0.25) is 5.91 Å². The molecule has 3 rings (SSSR count). The zero-order chi connectivity index (χ0) is 16.9. The molecule has 0 spiro atoms. The summed E-state index contributed by atoms with van der Waals surface area (Å²) in [5, 5.41) is 3.41. The highest BCUT2D eigenvalue weighted by atomic mass is 32.1. The molecule has 134 valence electrons. The van der Waals surface area contributed by atoms with E-state index in [1.165, 1.54) is 17.1 Å². The van der Waals surface area contributed by atoms with E-state index in [-0.39, 0.29) is 0 Å². The number of aryl methyl sites for hydroxylation is 1. The molecule has 1 atom stereocenters. The number of amides is 1. The van der Waals surface area contributed by atoms with Crippen molar-refractivity contribution in [1.82, 2.24) is 19.7 Å². The number of piperidine rings is 1. The zero-order valence-electron chi connectivity index (χ0n) is 15.0. The molecule has 6 heteroatoms. The van der Waals surface area contributed by atoms with Crippen LogP contribution in [0.5, 0.6) is 0 Å². The molecule has 0 aliphatic carbocycles. The molecule has 0 radical (unpaired) electrons. The average molecular weight is 351 g/mol. The first-order valence-corrected chi connectivity index (χ1v) is 10.2. The van der Waals surface area contributed by atoms with Gasteiger partial charge in [0.15, 0.2) is 0 Å². The third kappa shape index (κ3) is 4.77. The Balaban J connectivity index is 1.40. The van der Waals surface area contributed by atoms with Gasteiger partial charge in [0.05, 0.1) is 17.2 Å². The Labute approximate surface area is 149 Å². The molecule has 1 amide bonds. The van der Waals surface area contributed by atoms with Crippen molar-refractivity contribution < 1.29 is 4.79 Å². The fourth-order valence-electron chi connectivity index (χ4n) is 3.63. The number of aromatic nitrogens is 1. The van der Waals surface area contributed by atoms with Crippen LogP contribution < -0.4 is 0 Å². The standard InChI is InChI=1S/C18H30N4OS/c1-3-17-19-16(14-24-17)12-20-7-9-21(10-8-20)13-18(23)22-6-4-5-15(2)11-22/h14-15H,3-13H2,1-2H3. The van der Waals surface area contributed by atoms with Gasteiger partial charge in [0.25, 0.3) is 0 Å². The van der Waals surface area contributed by atoms with Gasteiger partial charge in [0.1, 0.15) is 0 Å². The van der Waals surface area contributed by atoms with Gasteiger partial charge in [0, 0.05) is 51.2 Å². The Hall–Kier alpha value is -0.980. The van der Waals surface area contributed by atoms with E-state index < -0.39 is 0 Å². The summed E-state index contributed by atoms with van der Waals surface area (Å²) in [5.74, 6) is 0.979. The molecule has 0 bridgehead atoms. The fourth-order valence-corrected chi connectivity index (χ4v) is 4.36. The molecule has 0 aromatic carbocycles. The number of thiazole rings is 1. The van der Waals surface area contributed by atoms with Crippen LogP contribution in [-0.4, -0.2) is 71.4 Å². The normalized spacial score (nSPS) is 23.6. The zero-order valence-corrected chi connectivity index (χ0v) is 15.9. The highest BCUT2D eigenvalue weighted by molar-refractivity contribution is 7.09. The van der Waals surface area contributed by atoms with Crippen LogP contribution in [-0.2, 0) is 17.8 Å². The lowest BCUT2D eigenvalue weighted by Crippen LogP contribution is -2.50. The highest BCUT2D eigenvalue weighted by Crippen LogP contribution is 2.16. The first-order valence-electron chi connectivity index (χ1n) is 9.29. The molecule has 3 heterocycles. The van der Waals surface area contributed by atoms with E-state index in [1.54, 1.807) is 11.3 Å². The summed E-state index contributed by atoms with van der Waals surface area (Å²) in [6.45, 7) is 11.9. The number of likely N-dealkylation sites (tertiary alicyclic amines) is 1. The van der Waals surface area contributed by atoms with Gasteiger partial charge >= 0.3 is 0 Å². The third-order valence-corrected chi connectivity index (χ3v) is 6.16. The Morgan fingerprint density at radius 2 is 2.00 bits per heavy atom. The van der Waals surface area contributed by atoms with Crippen LogP contribution in [0, 0.1) is 5.92 Å². The quantitative estimate of drug-likeness (QED) is 0.815. The predicted octanol–water partition coefficient (Wildman–Crippen LogP) is 2.08. The number of hydrogen-bond acceptors (Lipinski definition) is 5. The monoisotopic (exact) mass is 350 g/mol. The third-order valence-electron chi connectivity index (χ3n) is 5.12. The van der Waals surface area contributed by atoms with Gasteiger partial charge in [-0.1, -0.05) is 13.8 Å². The largest absolute Gasteiger partial charge is 0.341 e. The summed E-state index contributed by atoms with van der Waals surface area (Å²) in [4.78, 5) is 24.0. The van der Waals surface area contributed by atoms with Crippen molar-refractivity contribution in [2.24, 2.45) is 5.92 Å². The van der Waals surface area contributed by atoms with E-state index in [0.717, 1.165) is 58.7 Å². The van der Waals surface area contributed by atoms with Crippen molar-refractivity contribution in [2.75, 3.05) is 45.8 Å². The molecule has 2 saturated heterocycles. The van der Waals surface area contributed by atoms with Crippen LogP contribution in [0.4, 0.5) is 0 Å². The molecular formula is C18H30N4OS. The minimum atomic E-state index is 0.321. The lowest BCUT2D eigenvalue weighted by Gasteiger charge is -2.36. The fraction of sp³-hybridized carbons (Fsp3) is 0.778. The second-order valence-electron chi connectivity index (χ2n) is 7.23. The SMILES string of the molecule is CCc1nc(CN2CCN(CC(=O)N3CCCC(C)C3)CC2)cs1. The molecule has 0 N–H and O–H groups in total. The summed E-state index contributed by atoms with van der Waals surface area (Å²) in [7, 11) is 0. The topological polar surface area (TPSA) is 39.7 Å². The second kappa shape index (κ2) is 8.41. The number of carbonyl (C=O) groups excluding carboxylic acids is 1. The first kappa shape index (κ1) is 17.8. The van der Waals surface area contributed by atoms with Crippen LogP contribution in [0.3, 0.4) is 0 Å².